The normalized spacial score (nSPS) is 12.1. The number of benzene rings is 2. The number of aliphatic hydroxyl groups is 1. The monoisotopic (exact) mass is 294 g/mol. The number of aliphatic hydroxyl groups excluding tert-OH is 1. The van der Waals surface area contributed by atoms with E-state index in [0.29, 0.717) is 10.8 Å². The molecule has 3 nitrogen and oxygen atoms in total. The molecule has 0 spiro atoms. The van der Waals surface area contributed by atoms with Gasteiger partial charge in [-0.05, 0) is 29.8 Å². The first-order valence-corrected chi connectivity index (χ1v) is 6.00. The first-order valence-electron chi connectivity index (χ1n) is 5.62. The van der Waals surface area contributed by atoms with Crippen LogP contribution in [0.15, 0.2) is 48.5 Å². The number of nitrogens with zero attached hydrogens (tertiary/aromatic N) is 1. The SMILES string of the molecule is Cl.OC(c1ccc(Cl)cc1)c1nc2ccccc2[nH]1. The highest BCUT2D eigenvalue weighted by molar-refractivity contribution is 6.30. The second-order valence-electron chi connectivity index (χ2n) is 4.09. The molecule has 98 valence electrons. The van der Waals surface area contributed by atoms with E-state index >= 15 is 0 Å². The lowest BCUT2D eigenvalue weighted by atomic mass is 10.1. The van der Waals surface area contributed by atoms with Gasteiger partial charge >= 0.3 is 0 Å². The van der Waals surface area contributed by atoms with E-state index < -0.39 is 6.10 Å². The number of aromatic nitrogens is 2. The number of hydrogen-bond acceptors (Lipinski definition) is 2. The number of nitrogens with one attached hydrogen (secondary N) is 1. The molecule has 0 saturated heterocycles. The van der Waals surface area contributed by atoms with Crippen LogP contribution in [0.3, 0.4) is 0 Å². The van der Waals surface area contributed by atoms with Crippen LogP contribution in [0.5, 0.6) is 0 Å². The number of aromatic amines is 1. The van der Waals surface area contributed by atoms with Gasteiger partial charge in [-0.3, -0.25) is 0 Å². The Hall–Kier alpha value is -1.55. The Morgan fingerprint density at radius 2 is 1.74 bits per heavy atom. The van der Waals surface area contributed by atoms with Gasteiger partial charge in [-0.25, -0.2) is 4.98 Å². The van der Waals surface area contributed by atoms with E-state index in [0.717, 1.165) is 16.6 Å². The zero-order valence-corrected chi connectivity index (χ0v) is 11.4. The zero-order chi connectivity index (χ0) is 12.5. The number of hydrogen-bond donors (Lipinski definition) is 2. The van der Waals surface area contributed by atoms with Crippen molar-refractivity contribution >= 4 is 35.0 Å². The molecule has 2 N–H and O–H groups in total. The van der Waals surface area contributed by atoms with Gasteiger partial charge < -0.3 is 10.1 Å². The molecule has 1 heterocycles. The minimum Gasteiger partial charge on any atom is -0.380 e. The van der Waals surface area contributed by atoms with E-state index in [4.69, 9.17) is 11.6 Å². The first kappa shape index (κ1) is 13.9. The van der Waals surface area contributed by atoms with Gasteiger partial charge in [0.25, 0.3) is 0 Å². The maximum atomic E-state index is 10.2. The highest BCUT2D eigenvalue weighted by atomic mass is 35.5. The van der Waals surface area contributed by atoms with Crippen molar-refractivity contribution in [1.82, 2.24) is 9.97 Å². The number of rotatable bonds is 2. The fourth-order valence-electron chi connectivity index (χ4n) is 1.90. The number of H-pyrrole nitrogens is 1. The molecule has 1 unspecified atom stereocenters. The minimum absolute atomic E-state index is 0. The van der Waals surface area contributed by atoms with Gasteiger partial charge in [0.05, 0.1) is 11.0 Å². The molecule has 0 fully saturated rings. The van der Waals surface area contributed by atoms with Crippen LogP contribution in [0.4, 0.5) is 0 Å². The van der Waals surface area contributed by atoms with Crippen molar-refractivity contribution in [2.24, 2.45) is 0 Å². The summed E-state index contributed by atoms with van der Waals surface area (Å²) in [5.74, 6) is 0.540. The van der Waals surface area contributed by atoms with Crippen LogP contribution in [0.25, 0.3) is 11.0 Å². The Kier molecular flexibility index (Phi) is 4.10. The summed E-state index contributed by atoms with van der Waals surface area (Å²) in [5.41, 5.74) is 2.53. The Morgan fingerprint density at radius 3 is 2.42 bits per heavy atom. The molecule has 0 saturated carbocycles. The second kappa shape index (κ2) is 5.61. The minimum atomic E-state index is -0.769. The first-order chi connectivity index (χ1) is 8.74. The maximum Gasteiger partial charge on any atom is 0.140 e. The fraction of sp³-hybridized carbons (Fsp3) is 0.0714. The van der Waals surface area contributed by atoms with Gasteiger partial charge in [-0.2, -0.15) is 0 Å². The molecule has 3 rings (SSSR count). The number of para-hydroxylation sites is 2. The molecule has 0 aliphatic heterocycles. The quantitative estimate of drug-likeness (QED) is 0.757. The topological polar surface area (TPSA) is 48.9 Å². The average molecular weight is 295 g/mol. The summed E-state index contributed by atoms with van der Waals surface area (Å²) < 4.78 is 0. The second-order valence-corrected chi connectivity index (χ2v) is 4.53. The maximum absolute atomic E-state index is 10.2. The van der Waals surface area contributed by atoms with Crippen LogP contribution in [0.1, 0.15) is 17.5 Å². The standard InChI is InChI=1S/C14H11ClN2O.ClH/c15-10-7-5-9(6-8-10)13(18)14-16-11-3-1-2-4-12(11)17-14;/h1-8,13,18H,(H,16,17);1H. The molecule has 0 amide bonds. The largest absolute Gasteiger partial charge is 0.380 e. The highest BCUT2D eigenvalue weighted by Crippen LogP contribution is 2.23. The highest BCUT2D eigenvalue weighted by Gasteiger charge is 2.14. The third-order valence-electron chi connectivity index (χ3n) is 2.85. The molecular weight excluding hydrogens is 283 g/mol. The summed E-state index contributed by atoms with van der Waals surface area (Å²) in [6.07, 6.45) is -0.769. The van der Waals surface area contributed by atoms with E-state index in [1.165, 1.54) is 0 Å². The van der Waals surface area contributed by atoms with E-state index in [9.17, 15) is 5.11 Å². The Balaban J connectivity index is 0.00000133. The molecule has 1 atom stereocenters. The summed E-state index contributed by atoms with van der Waals surface area (Å²) >= 11 is 5.82. The smallest absolute Gasteiger partial charge is 0.140 e. The van der Waals surface area contributed by atoms with Crippen molar-refractivity contribution in [2.75, 3.05) is 0 Å². The van der Waals surface area contributed by atoms with Crippen LogP contribution in [-0.2, 0) is 0 Å². The summed E-state index contributed by atoms with van der Waals surface area (Å²) in [7, 11) is 0. The lowest BCUT2D eigenvalue weighted by Gasteiger charge is -2.07. The van der Waals surface area contributed by atoms with Crippen LogP contribution < -0.4 is 0 Å². The molecule has 0 radical (unpaired) electrons. The molecule has 5 heteroatoms. The van der Waals surface area contributed by atoms with Gasteiger partial charge in [-0.1, -0.05) is 35.9 Å². The molecule has 2 aromatic carbocycles. The third-order valence-corrected chi connectivity index (χ3v) is 3.10. The van der Waals surface area contributed by atoms with Crippen LogP contribution in [-0.4, -0.2) is 15.1 Å². The van der Waals surface area contributed by atoms with Crippen molar-refractivity contribution in [2.45, 2.75) is 6.10 Å². The van der Waals surface area contributed by atoms with Gasteiger partial charge in [-0.15, -0.1) is 12.4 Å². The van der Waals surface area contributed by atoms with Crippen LogP contribution in [0, 0.1) is 0 Å². The van der Waals surface area contributed by atoms with Gasteiger partial charge in [0.2, 0.25) is 0 Å². The summed E-state index contributed by atoms with van der Waals surface area (Å²) in [4.78, 5) is 7.49. The van der Waals surface area contributed by atoms with Gasteiger partial charge in [0.1, 0.15) is 11.9 Å². The van der Waals surface area contributed by atoms with Crippen molar-refractivity contribution in [3.8, 4) is 0 Å². The Labute approximate surface area is 121 Å². The molecule has 0 bridgehead atoms. The van der Waals surface area contributed by atoms with E-state index in [1.54, 1.807) is 24.3 Å². The number of halogens is 2. The number of fused-ring (bicyclic) bond motifs is 1. The molecule has 19 heavy (non-hydrogen) atoms. The predicted molar refractivity (Wildman–Crippen MR) is 78.9 cm³/mol. The Bertz CT molecular complexity index is 646. The van der Waals surface area contributed by atoms with Gasteiger partial charge in [0.15, 0.2) is 0 Å². The molecular formula is C14H12Cl2N2O. The summed E-state index contributed by atoms with van der Waals surface area (Å²) in [6.45, 7) is 0. The Morgan fingerprint density at radius 1 is 1.05 bits per heavy atom. The lowest BCUT2D eigenvalue weighted by molar-refractivity contribution is 0.211. The van der Waals surface area contributed by atoms with Crippen molar-refractivity contribution in [1.29, 1.82) is 0 Å². The van der Waals surface area contributed by atoms with E-state index in [1.807, 2.05) is 24.3 Å². The summed E-state index contributed by atoms with van der Waals surface area (Å²) in [5, 5.41) is 10.9. The van der Waals surface area contributed by atoms with Crippen LogP contribution >= 0.6 is 24.0 Å². The van der Waals surface area contributed by atoms with E-state index in [2.05, 4.69) is 9.97 Å². The molecule has 0 aliphatic rings. The molecule has 3 aromatic rings. The molecule has 1 aromatic heterocycles. The van der Waals surface area contributed by atoms with Crippen molar-refractivity contribution < 1.29 is 5.11 Å². The molecule has 0 aliphatic carbocycles. The van der Waals surface area contributed by atoms with Crippen molar-refractivity contribution in [3.63, 3.8) is 0 Å². The summed E-state index contributed by atoms with van der Waals surface area (Å²) in [6, 6.07) is 14.8. The predicted octanol–water partition coefficient (Wildman–Crippen LogP) is 3.72. The van der Waals surface area contributed by atoms with Gasteiger partial charge in [0, 0.05) is 5.02 Å². The zero-order valence-electron chi connectivity index (χ0n) is 9.88. The van der Waals surface area contributed by atoms with E-state index in [-0.39, 0.29) is 12.4 Å². The fourth-order valence-corrected chi connectivity index (χ4v) is 2.03. The van der Waals surface area contributed by atoms with Crippen LogP contribution in [0.2, 0.25) is 5.02 Å². The average Bonchev–Trinajstić information content (AvgIpc) is 2.82. The lowest BCUT2D eigenvalue weighted by Crippen LogP contribution is -2.01. The van der Waals surface area contributed by atoms with Crippen molar-refractivity contribution in [3.05, 3.63) is 64.9 Å². The number of imidazole rings is 1. The third kappa shape index (κ3) is 2.73.